The second-order valence-corrected chi connectivity index (χ2v) is 6.56. The highest BCUT2D eigenvalue weighted by Crippen LogP contribution is 2.32. The molecule has 1 fully saturated rings. The molecule has 144 valence electrons. The number of benzene rings is 2. The third kappa shape index (κ3) is 4.54. The molecule has 0 spiro atoms. The maximum atomic E-state index is 5.59. The van der Waals surface area contributed by atoms with Gasteiger partial charge in [0.2, 0.25) is 0 Å². The first-order valence-electron chi connectivity index (χ1n) is 8.81. The van der Waals surface area contributed by atoms with Crippen LogP contribution in [0, 0.1) is 0 Å². The summed E-state index contributed by atoms with van der Waals surface area (Å²) in [4.78, 5) is 4.49. The molecule has 0 amide bonds. The zero-order valence-corrected chi connectivity index (χ0v) is 16.7. The molecule has 2 aromatic carbocycles. The monoisotopic (exact) mass is 387 g/mol. The Hall–Kier alpha value is -2.67. The minimum Gasteiger partial charge on any atom is -0.497 e. The summed E-state index contributed by atoms with van der Waals surface area (Å²) in [6.07, 6.45) is 0. The van der Waals surface area contributed by atoms with E-state index in [9.17, 15) is 0 Å². The molecule has 1 aliphatic heterocycles. The Morgan fingerprint density at radius 1 is 0.889 bits per heavy atom. The average molecular weight is 388 g/mol. The van der Waals surface area contributed by atoms with Crippen molar-refractivity contribution in [2.45, 2.75) is 0 Å². The van der Waals surface area contributed by atoms with Crippen molar-refractivity contribution in [2.24, 2.45) is 0 Å². The van der Waals surface area contributed by atoms with Gasteiger partial charge in [0.15, 0.2) is 5.11 Å². The van der Waals surface area contributed by atoms with E-state index in [2.05, 4.69) is 15.1 Å². The van der Waals surface area contributed by atoms with E-state index in [1.54, 1.807) is 21.3 Å². The average Bonchev–Trinajstić information content (AvgIpc) is 2.73. The van der Waals surface area contributed by atoms with Gasteiger partial charge in [-0.1, -0.05) is 6.07 Å². The fraction of sp³-hybridized carbons (Fsp3) is 0.350. The minimum absolute atomic E-state index is 0.726. The molecular weight excluding hydrogens is 362 g/mol. The van der Waals surface area contributed by atoms with Crippen LogP contribution in [0.2, 0.25) is 0 Å². The summed E-state index contributed by atoms with van der Waals surface area (Å²) < 4.78 is 16.1. The van der Waals surface area contributed by atoms with Gasteiger partial charge >= 0.3 is 0 Å². The summed E-state index contributed by atoms with van der Waals surface area (Å²) in [5.74, 6) is 2.41. The highest BCUT2D eigenvalue weighted by Gasteiger charge is 2.21. The molecular formula is C20H25N3O3S. The highest BCUT2D eigenvalue weighted by atomic mass is 32.1. The number of ether oxygens (including phenoxy) is 3. The van der Waals surface area contributed by atoms with E-state index in [-0.39, 0.29) is 0 Å². The Balaban J connectivity index is 1.60. The third-order valence-corrected chi connectivity index (χ3v) is 4.98. The van der Waals surface area contributed by atoms with Crippen LogP contribution >= 0.6 is 12.2 Å². The van der Waals surface area contributed by atoms with Gasteiger partial charge in [0.05, 0.1) is 27.0 Å². The molecule has 1 N–H and O–H groups in total. The van der Waals surface area contributed by atoms with Crippen LogP contribution in [0.1, 0.15) is 0 Å². The first-order chi connectivity index (χ1) is 13.1. The SMILES string of the molecule is COc1cccc(NC(=S)N2CCN(c3ccc(OC)cc3OC)CC2)c1. The largest absolute Gasteiger partial charge is 0.497 e. The predicted octanol–water partition coefficient (Wildman–Crippen LogP) is 3.23. The first-order valence-corrected chi connectivity index (χ1v) is 9.22. The topological polar surface area (TPSA) is 46.2 Å². The van der Waals surface area contributed by atoms with Gasteiger partial charge in [0, 0.05) is 44.0 Å². The summed E-state index contributed by atoms with van der Waals surface area (Å²) >= 11 is 5.59. The summed E-state index contributed by atoms with van der Waals surface area (Å²) in [5, 5.41) is 4.02. The molecule has 2 aromatic rings. The predicted molar refractivity (Wildman–Crippen MR) is 113 cm³/mol. The lowest BCUT2D eigenvalue weighted by atomic mass is 10.2. The second-order valence-electron chi connectivity index (χ2n) is 6.17. The van der Waals surface area contributed by atoms with Crippen LogP contribution in [0.4, 0.5) is 11.4 Å². The van der Waals surface area contributed by atoms with Crippen LogP contribution < -0.4 is 24.4 Å². The molecule has 0 bridgehead atoms. The molecule has 0 saturated carbocycles. The summed E-state index contributed by atoms with van der Waals surface area (Å²) in [6, 6.07) is 13.7. The summed E-state index contributed by atoms with van der Waals surface area (Å²) in [6.45, 7) is 3.40. The Morgan fingerprint density at radius 3 is 2.26 bits per heavy atom. The van der Waals surface area contributed by atoms with E-state index in [0.29, 0.717) is 0 Å². The van der Waals surface area contributed by atoms with Crippen LogP contribution in [0.25, 0.3) is 0 Å². The molecule has 0 aromatic heterocycles. The van der Waals surface area contributed by atoms with Crippen molar-refractivity contribution < 1.29 is 14.2 Å². The summed E-state index contributed by atoms with van der Waals surface area (Å²) in [5.41, 5.74) is 2.00. The van der Waals surface area contributed by atoms with Crippen LogP contribution in [-0.4, -0.2) is 57.5 Å². The Labute approximate surface area is 165 Å². The van der Waals surface area contributed by atoms with Crippen molar-refractivity contribution in [3.63, 3.8) is 0 Å². The molecule has 0 atom stereocenters. The van der Waals surface area contributed by atoms with E-state index in [0.717, 1.165) is 59.9 Å². The Bertz CT molecular complexity index is 792. The van der Waals surface area contributed by atoms with Crippen molar-refractivity contribution in [3.8, 4) is 17.2 Å². The molecule has 6 nitrogen and oxygen atoms in total. The van der Waals surface area contributed by atoms with Crippen molar-refractivity contribution >= 4 is 28.7 Å². The molecule has 0 aliphatic carbocycles. The molecule has 0 radical (unpaired) electrons. The number of thiocarbonyl (C=S) groups is 1. The smallest absolute Gasteiger partial charge is 0.173 e. The van der Waals surface area contributed by atoms with Crippen LogP contribution in [0.15, 0.2) is 42.5 Å². The van der Waals surface area contributed by atoms with Gasteiger partial charge in [-0.15, -0.1) is 0 Å². The van der Waals surface area contributed by atoms with Gasteiger partial charge in [-0.25, -0.2) is 0 Å². The lowest BCUT2D eigenvalue weighted by Gasteiger charge is -2.38. The van der Waals surface area contributed by atoms with Gasteiger partial charge in [0.25, 0.3) is 0 Å². The van der Waals surface area contributed by atoms with Crippen LogP contribution in [-0.2, 0) is 0 Å². The number of nitrogens with zero attached hydrogens (tertiary/aromatic N) is 2. The third-order valence-electron chi connectivity index (χ3n) is 4.62. The number of nitrogens with one attached hydrogen (secondary N) is 1. The number of hydrogen-bond acceptors (Lipinski definition) is 5. The number of rotatable bonds is 5. The van der Waals surface area contributed by atoms with E-state index in [1.807, 2.05) is 42.5 Å². The molecule has 1 aliphatic rings. The van der Waals surface area contributed by atoms with Crippen LogP contribution in [0.3, 0.4) is 0 Å². The van der Waals surface area contributed by atoms with Crippen molar-refractivity contribution in [1.82, 2.24) is 4.90 Å². The lowest BCUT2D eigenvalue weighted by Crippen LogP contribution is -2.50. The van der Waals surface area contributed by atoms with E-state index < -0.39 is 0 Å². The molecule has 7 heteroatoms. The first kappa shape index (κ1) is 19.1. The molecule has 27 heavy (non-hydrogen) atoms. The van der Waals surface area contributed by atoms with Crippen LogP contribution in [0.5, 0.6) is 17.2 Å². The van der Waals surface area contributed by atoms with E-state index in [4.69, 9.17) is 26.4 Å². The zero-order valence-electron chi connectivity index (χ0n) is 15.9. The number of piperazine rings is 1. The molecule has 1 saturated heterocycles. The van der Waals surface area contributed by atoms with Crippen molar-refractivity contribution in [3.05, 3.63) is 42.5 Å². The van der Waals surface area contributed by atoms with E-state index >= 15 is 0 Å². The van der Waals surface area contributed by atoms with Crippen molar-refractivity contribution in [2.75, 3.05) is 57.7 Å². The standard InChI is InChI=1S/C20H25N3O3S/c1-24-16-6-4-5-15(13-16)21-20(27)23-11-9-22(10-12-23)18-8-7-17(25-2)14-19(18)26-3/h4-8,13-14H,9-12H2,1-3H3,(H,21,27). The summed E-state index contributed by atoms with van der Waals surface area (Å²) in [7, 11) is 5.00. The van der Waals surface area contributed by atoms with Gasteiger partial charge in [-0.05, 0) is 36.5 Å². The maximum absolute atomic E-state index is 5.59. The van der Waals surface area contributed by atoms with Crippen molar-refractivity contribution in [1.29, 1.82) is 0 Å². The normalized spacial score (nSPS) is 13.9. The fourth-order valence-electron chi connectivity index (χ4n) is 3.10. The van der Waals surface area contributed by atoms with Gasteiger partial charge < -0.3 is 29.3 Å². The molecule has 1 heterocycles. The second kappa shape index (κ2) is 8.81. The van der Waals surface area contributed by atoms with Gasteiger partial charge in [0.1, 0.15) is 17.2 Å². The highest BCUT2D eigenvalue weighted by molar-refractivity contribution is 7.80. The fourth-order valence-corrected chi connectivity index (χ4v) is 3.40. The van der Waals surface area contributed by atoms with E-state index in [1.165, 1.54) is 0 Å². The van der Waals surface area contributed by atoms with Gasteiger partial charge in [-0.3, -0.25) is 0 Å². The maximum Gasteiger partial charge on any atom is 0.173 e. The Kier molecular flexibility index (Phi) is 6.24. The number of anilines is 2. The lowest BCUT2D eigenvalue weighted by molar-refractivity contribution is 0.377. The minimum atomic E-state index is 0.726. The zero-order chi connectivity index (χ0) is 19.2. The number of methoxy groups -OCH3 is 3. The Morgan fingerprint density at radius 2 is 1.59 bits per heavy atom. The van der Waals surface area contributed by atoms with Gasteiger partial charge in [-0.2, -0.15) is 0 Å². The quantitative estimate of drug-likeness (QED) is 0.791. The number of hydrogen-bond donors (Lipinski definition) is 1. The molecule has 0 unspecified atom stereocenters. The molecule has 3 rings (SSSR count).